The Hall–Kier alpha value is -0.900. The Morgan fingerprint density at radius 1 is 1.40 bits per heavy atom. The number of nitrogens with zero attached hydrogens (tertiary/aromatic N) is 1. The molecule has 3 nitrogen and oxygen atoms in total. The zero-order valence-corrected chi connectivity index (χ0v) is 10.1. The monoisotopic (exact) mass is 226 g/mol. The summed E-state index contributed by atoms with van der Waals surface area (Å²) in [6.45, 7) is 2.20. The summed E-state index contributed by atoms with van der Waals surface area (Å²) in [5.41, 5.74) is 6.27. The molecule has 15 heavy (non-hydrogen) atoms. The van der Waals surface area contributed by atoms with Crippen LogP contribution in [0.3, 0.4) is 0 Å². The molecule has 0 atom stereocenters. The standard InChI is InChI=1S/C11H18N2OS/c1-3-4-5-8-15-10-7-6-9(12)11(13-10)14-2/h6-7H,3-5,8,12H2,1-2H3. The van der Waals surface area contributed by atoms with Gasteiger partial charge in [-0.1, -0.05) is 19.8 Å². The number of nitrogens with two attached hydrogens (primary N) is 1. The van der Waals surface area contributed by atoms with Gasteiger partial charge in [0.05, 0.1) is 12.8 Å². The van der Waals surface area contributed by atoms with Gasteiger partial charge in [-0.3, -0.25) is 0 Å². The van der Waals surface area contributed by atoms with Crippen molar-refractivity contribution in [3.8, 4) is 5.88 Å². The maximum Gasteiger partial charge on any atom is 0.237 e. The van der Waals surface area contributed by atoms with Gasteiger partial charge < -0.3 is 10.5 Å². The molecular weight excluding hydrogens is 208 g/mol. The van der Waals surface area contributed by atoms with Crippen molar-refractivity contribution >= 4 is 17.4 Å². The van der Waals surface area contributed by atoms with E-state index in [2.05, 4.69) is 11.9 Å². The molecule has 1 rings (SSSR count). The number of hydrogen-bond donors (Lipinski definition) is 1. The van der Waals surface area contributed by atoms with Crippen LogP contribution in [0.4, 0.5) is 5.69 Å². The van der Waals surface area contributed by atoms with Crippen molar-refractivity contribution in [2.75, 3.05) is 18.6 Å². The first-order valence-corrected chi connectivity index (χ1v) is 6.19. The Bertz CT molecular complexity index is 305. The van der Waals surface area contributed by atoms with Crippen LogP contribution in [0.1, 0.15) is 26.2 Å². The minimum atomic E-state index is 0.524. The molecule has 0 saturated carbocycles. The Kier molecular flexibility index (Phi) is 5.32. The highest BCUT2D eigenvalue weighted by Gasteiger charge is 2.02. The topological polar surface area (TPSA) is 48.1 Å². The molecule has 0 amide bonds. The molecule has 1 aromatic heterocycles. The van der Waals surface area contributed by atoms with Crippen molar-refractivity contribution in [2.45, 2.75) is 31.2 Å². The third kappa shape index (κ3) is 4.00. The van der Waals surface area contributed by atoms with E-state index in [4.69, 9.17) is 10.5 Å². The van der Waals surface area contributed by atoms with Crippen molar-refractivity contribution in [1.82, 2.24) is 4.98 Å². The molecule has 1 aromatic rings. The second-order valence-corrected chi connectivity index (χ2v) is 4.42. The van der Waals surface area contributed by atoms with E-state index in [1.807, 2.05) is 12.1 Å². The fraction of sp³-hybridized carbons (Fsp3) is 0.545. The van der Waals surface area contributed by atoms with Gasteiger partial charge in [0.25, 0.3) is 0 Å². The summed E-state index contributed by atoms with van der Waals surface area (Å²) in [5.74, 6) is 1.63. The number of aromatic nitrogens is 1. The number of thioether (sulfide) groups is 1. The number of nitrogen functional groups attached to an aromatic ring is 1. The Balaban J connectivity index is 2.47. The van der Waals surface area contributed by atoms with E-state index >= 15 is 0 Å². The Morgan fingerprint density at radius 3 is 2.87 bits per heavy atom. The number of methoxy groups -OCH3 is 1. The third-order valence-corrected chi connectivity index (χ3v) is 3.07. The largest absolute Gasteiger partial charge is 0.480 e. The van der Waals surface area contributed by atoms with Gasteiger partial charge in [-0.25, -0.2) is 4.98 Å². The summed E-state index contributed by atoms with van der Waals surface area (Å²) in [6, 6.07) is 3.78. The first kappa shape index (κ1) is 12.2. The van der Waals surface area contributed by atoms with Crippen LogP contribution in [0.25, 0.3) is 0 Å². The molecule has 0 aliphatic rings. The summed E-state index contributed by atoms with van der Waals surface area (Å²) in [6.07, 6.45) is 3.76. The van der Waals surface area contributed by atoms with Gasteiger partial charge in [0, 0.05) is 0 Å². The maximum absolute atomic E-state index is 5.68. The highest BCUT2D eigenvalue weighted by molar-refractivity contribution is 7.99. The average molecular weight is 226 g/mol. The first-order chi connectivity index (χ1) is 7.27. The van der Waals surface area contributed by atoms with Crippen LogP contribution >= 0.6 is 11.8 Å². The minimum Gasteiger partial charge on any atom is -0.480 e. The summed E-state index contributed by atoms with van der Waals surface area (Å²) < 4.78 is 5.06. The van der Waals surface area contributed by atoms with Gasteiger partial charge in [-0.15, -0.1) is 11.8 Å². The second-order valence-electron chi connectivity index (χ2n) is 3.30. The number of pyridine rings is 1. The number of ether oxygens (including phenoxy) is 1. The number of anilines is 1. The molecule has 0 aliphatic carbocycles. The van der Waals surface area contributed by atoms with Crippen molar-refractivity contribution in [2.24, 2.45) is 0 Å². The molecule has 0 aliphatic heterocycles. The zero-order valence-electron chi connectivity index (χ0n) is 9.32. The van der Waals surface area contributed by atoms with E-state index in [0.29, 0.717) is 11.6 Å². The van der Waals surface area contributed by atoms with Crippen LogP contribution in [-0.2, 0) is 0 Å². The number of hydrogen-bond acceptors (Lipinski definition) is 4. The molecule has 0 fully saturated rings. The lowest BCUT2D eigenvalue weighted by Crippen LogP contribution is -1.96. The Labute approximate surface area is 95.4 Å². The van der Waals surface area contributed by atoms with Gasteiger partial charge in [-0.2, -0.15) is 0 Å². The average Bonchev–Trinajstić information content (AvgIpc) is 2.26. The second kappa shape index (κ2) is 6.56. The smallest absolute Gasteiger partial charge is 0.237 e. The minimum absolute atomic E-state index is 0.524. The van der Waals surface area contributed by atoms with Crippen molar-refractivity contribution in [3.05, 3.63) is 12.1 Å². The van der Waals surface area contributed by atoms with Gasteiger partial charge in [0.2, 0.25) is 5.88 Å². The molecule has 0 saturated heterocycles. The molecule has 0 unspecified atom stereocenters. The number of unbranched alkanes of at least 4 members (excludes halogenated alkanes) is 2. The highest BCUT2D eigenvalue weighted by atomic mass is 32.2. The van der Waals surface area contributed by atoms with Crippen LogP contribution in [-0.4, -0.2) is 17.8 Å². The lowest BCUT2D eigenvalue weighted by atomic mass is 10.3. The molecule has 0 spiro atoms. The van der Waals surface area contributed by atoms with Crippen LogP contribution in [0, 0.1) is 0 Å². The molecule has 0 radical (unpaired) electrons. The third-order valence-electron chi connectivity index (χ3n) is 2.06. The molecule has 1 heterocycles. The predicted octanol–water partition coefficient (Wildman–Crippen LogP) is 2.95. The first-order valence-electron chi connectivity index (χ1n) is 5.21. The SMILES string of the molecule is CCCCCSc1ccc(N)c(OC)n1. The predicted molar refractivity (Wildman–Crippen MR) is 65.5 cm³/mol. The molecule has 4 heteroatoms. The van der Waals surface area contributed by atoms with Crippen molar-refractivity contribution in [1.29, 1.82) is 0 Å². The molecule has 0 aromatic carbocycles. The van der Waals surface area contributed by atoms with E-state index in [-0.39, 0.29) is 0 Å². The fourth-order valence-electron chi connectivity index (χ4n) is 1.21. The molecule has 2 N–H and O–H groups in total. The van der Waals surface area contributed by atoms with Crippen LogP contribution in [0.15, 0.2) is 17.2 Å². The van der Waals surface area contributed by atoms with E-state index in [9.17, 15) is 0 Å². The summed E-state index contributed by atoms with van der Waals surface area (Å²) in [7, 11) is 1.59. The van der Waals surface area contributed by atoms with Gasteiger partial charge in [0.1, 0.15) is 5.03 Å². The van der Waals surface area contributed by atoms with Crippen LogP contribution in [0.5, 0.6) is 5.88 Å². The quantitative estimate of drug-likeness (QED) is 0.598. The van der Waals surface area contributed by atoms with E-state index in [1.54, 1.807) is 18.9 Å². The summed E-state index contributed by atoms with van der Waals surface area (Å²) >= 11 is 1.75. The summed E-state index contributed by atoms with van der Waals surface area (Å²) in [5, 5.41) is 0.983. The fourth-order valence-corrected chi connectivity index (χ4v) is 2.08. The van der Waals surface area contributed by atoms with Gasteiger partial charge in [0.15, 0.2) is 0 Å². The zero-order chi connectivity index (χ0) is 11.1. The molecule has 84 valence electrons. The van der Waals surface area contributed by atoms with Gasteiger partial charge in [-0.05, 0) is 24.3 Å². The van der Waals surface area contributed by atoms with E-state index in [1.165, 1.54) is 19.3 Å². The number of rotatable bonds is 6. The van der Waals surface area contributed by atoms with E-state index < -0.39 is 0 Å². The molecular formula is C11H18N2OS. The summed E-state index contributed by atoms with van der Waals surface area (Å²) in [4.78, 5) is 4.30. The normalized spacial score (nSPS) is 10.3. The lowest BCUT2D eigenvalue weighted by Gasteiger charge is -2.05. The van der Waals surface area contributed by atoms with Crippen molar-refractivity contribution in [3.63, 3.8) is 0 Å². The lowest BCUT2D eigenvalue weighted by molar-refractivity contribution is 0.397. The Morgan fingerprint density at radius 2 is 2.20 bits per heavy atom. The van der Waals surface area contributed by atoms with E-state index in [0.717, 1.165) is 10.8 Å². The van der Waals surface area contributed by atoms with Crippen LogP contribution < -0.4 is 10.5 Å². The molecule has 0 bridgehead atoms. The van der Waals surface area contributed by atoms with Crippen LogP contribution in [0.2, 0.25) is 0 Å². The van der Waals surface area contributed by atoms with Crippen molar-refractivity contribution < 1.29 is 4.74 Å². The van der Waals surface area contributed by atoms with Gasteiger partial charge >= 0.3 is 0 Å². The maximum atomic E-state index is 5.68. The highest BCUT2D eigenvalue weighted by Crippen LogP contribution is 2.24.